The van der Waals surface area contributed by atoms with E-state index >= 15 is 0 Å². The highest BCUT2D eigenvalue weighted by Gasteiger charge is 2.17. The predicted octanol–water partition coefficient (Wildman–Crippen LogP) is 2.20. The number of hydrogen-bond acceptors (Lipinski definition) is 4. The smallest absolute Gasteiger partial charge is 0.327 e. The summed E-state index contributed by atoms with van der Waals surface area (Å²) in [6.07, 6.45) is 0.955. The molecule has 1 atom stereocenters. The van der Waals surface area contributed by atoms with E-state index in [9.17, 15) is 9.59 Å². The van der Waals surface area contributed by atoms with E-state index in [-0.39, 0.29) is 5.91 Å². The molecule has 4 nitrogen and oxygen atoms in total. The molecule has 104 valence electrons. The number of aliphatic carboxylic acids is 1. The van der Waals surface area contributed by atoms with Gasteiger partial charge in [-0.2, -0.15) is 0 Å². The topological polar surface area (TPSA) is 66.4 Å². The van der Waals surface area contributed by atoms with Crippen LogP contribution < -0.4 is 5.32 Å². The number of benzene rings is 1. The Morgan fingerprint density at radius 2 is 1.95 bits per heavy atom. The average Bonchev–Trinajstić information content (AvgIpc) is 2.37. The maximum atomic E-state index is 10.9. The zero-order valence-corrected chi connectivity index (χ0v) is 12.3. The van der Waals surface area contributed by atoms with E-state index in [2.05, 4.69) is 17.4 Å². The molecule has 6 heteroatoms. The van der Waals surface area contributed by atoms with E-state index < -0.39 is 12.0 Å². The van der Waals surface area contributed by atoms with Gasteiger partial charge in [-0.25, -0.2) is 4.79 Å². The van der Waals surface area contributed by atoms with Crippen molar-refractivity contribution >= 4 is 33.5 Å². The number of amides is 1. The Morgan fingerprint density at radius 3 is 2.53 bits per heavy atom. The summed E-state index contributed by atoms with van der Waals surface area (Å²) in [5, 5.41) is 11.3. The van der Waals surface area contributed by atoms with Gasteiger partial charge in [0.15, 0.2) is 0 Å². The fraction of sp³-hybridized carbons (Fsp3) is 0.385. The van der Waals surface area contributed by atoms with Crippen LogP contribution in [0.25, 0.3) is 0 Å². The van der Waals surface area contributed by atoms with Gasteiger partial charge in [0.2, 0.25) is 5.91 Å². The summed E-state index contributed by atoms with van der Waals surface area (Å²) in [5.41, 5.74) is 1.27. The zero-order valence-electron chi connectivity index (χ0n) is 10.7. The van der Waals surface area contributed by atoms with Crippen molar-refractivity contribution in [2.75, 3.05) is 11.5 Å². The Balaban J connectivity index is 2.18. The molecule has 0 aliphatic carbocycles. The minimum Gasteiger partial charge on any atom is -0.480 e. The molecule has 0 saturated heterocycles. The second-order valence-electron chi connectivity index (χ2n) is 3.93. The van der Waals surface area contributed by atoms with Gasteiger partial charge in [0, 0.05) is 18.4 Å². The van der Waals surface area contributed by atoms with Gasteiger partial charge in [0.25, 0.3) is 0 Å². The van der Waals surface area contributed by atoms with Crippen LogP contribution in [0.1, 0.15) is 12.5 Å². The molecule has 0 aromatic heterocycles. The van der Waals surface area contributed by atoms with Gasteiger partial charge in [-0.05, 0) is 12.0 Å². The zero-order chi connectivity index (χ0) is 14.1. The van der Waals surface area contributed by atoms with E-state index in [1.807, 2.05) is 18.2 Å². The standard InChI is InChI=1S/C13H17NO3S2/c1-10(15)14-12(13(16)17)9-19-18-8-7-11-5-3-2-4-6-11/h2-6,12H,7-9H2,1H3,(H,14,15)(H,16,17)/t12-/m0/s1. The fourth-order valence-electron chi connectivity index (χ4n) is 1.40. The molecule has 1 aromatic rings. The lowest BCUT2D eigenvalue weighted by Crippen LogP contribution is -2.41. The summed E-state index contributed by atoms with van der Waals surface area (Å²) in [6, 6.07) is 9.32. The lowest BCUT2D eigenvalue weighted by molar-refractivity contribution is -0.140. The monoisotopic (exact) mass is 299 g/mol. The maximum absolute atomic E-state index is 10.9. The molecule has 0 bridgehead atoms. The van der Waals surface area contributed by atoms with Crippen LogP contribution in [0, 0.1) is 0 Å². The first-order valence-corrected chi connectivity index (χ1v) is 8.36. The van der Waals surface area contributed by atoms with Gasteiger partial charge in [-0.1, -0.05) is 51.9 Å². The molecule has 0 heterocycles. The molecule has 1 rings (SSSR count). The summed E-state index contributed by atoms with van der Waals surface area (Å²) < 4.78 is 0. The van der Waals surface area contributed by atoms with E-state index in [0.29, 0.717) is 5.75 Å². The largest absolute Gasteiger partial charge is 0.480 e. The van der Waals surface area contributed by atoms with Crippen molar-refractivity contribution in [3.8, 4) is 0 Å². The highest BCUT2D eigenvalue weighted by molar-refractivity contribution is 8.76. The van der Waals surface area contributed by atoms with Gasteiger partial charge >= 0.3 is 5.97 Å². The first-order chi connectivity index (χ1) is 9.09. The lowest BCUT2D eigenvalue weighted by Gasteiger charge is -2.12. The number of aryl methyl sites for hydroxylation is 1. The summed E-state index contributed by atoms with van der Waals surface area (Å²) in [4.78, 5) is 21.7. The van der Waals surface area contributed by atoms with Crippen LogP contribution in [0.15, 0.2) is 30.3 Å². The van der Waals surface area contributed by atoms with Crippen LogP contribution in [-0.2, 0) is 16.0 Å². The first-order valence-electron chi connectivity index (χ1n) is 5.88. The third-order valence-electron chi connectivity index (χ3n) is 2.31. The van der Waals surface area contributed by atoms with E-state index in [4.69, 9.17) is 5.11 Å². The molecule has 0 spiro atoms. The predicted molar refractivity (Wildman–Crippen MR) is 80.3 cm³/mol. The van der Waals surface area contributed by atoms with Crippen molar-refractivity contribution in [3.05, 3.63) is 35.9 Å². The second kappa shape index (κ2) is 8.87. The Bertz CT molecular complexity index is 412. The van der Waals surface area contributed by atoms with Crippen LogP contribution >= 0.6 is 21.6 Å². The van der Waals surface area contributed by atoms with Crippen LogP contribution in [0.3, 0.4) is 0 Å². The Kier molecular flexibility index (Phi) is 7.43. The number of rotatable bonds is 8. The van der Waals surface area contributed by atoms with Crippen LogP contribution in [0.5, 0.6) is 0 Å². The quantitative estimate of drug-likeness (QED) is 0.569. The first kappa shape index (κ1) is 15.9. The van der Waals surface area contributed by atoms with Gasteiger partial charge < -0.3 is 10.4 Å². The Hall–Kier alpha value is -1.14. The van der Waals surface area contributed by atoms with Crippen molar-refractivity contribution < 1.29 is 14.7 Å². The molecule has 0 radical (unpaired) electrons. The minimum absolute atomic E-state index is 0.317. The van der Waals surface area contributed by atoms with Crippen molar-refractivity contribution in [1.29, 1.82) is 0 Å². The summed E-state index contributed by atoms with van der Waals surface area (Å²) in [6.45, 7) is 1.32. The minimum atomic E-state index is -0.994. The van der Waals surface area contributed by atoms with Crippen LogP contribution in [0.2, 0.25) is 0 Å². The van der Waals surface area contributed by atoms with Gasteiger partial charge in [-0.3, -0.25) is 4.79 Å². The average molecular weight is 299 g/mol. The molecule has 19 heavy (non-hydrogen) atoms. The molecule has 0 fully saturated rings. The van der Waals surface area contributed by atoms with Gasteiger partial charge in [0.1, 0.15) is 6.04 Å². The normalized spacial score (nSPS) is 11.8. The molecule has 1 amide bonds. The van der Waals surface area contributed by atoms with Gasteiger partial charge in [0.05, 0.1) is 0 Å². The Morgan fingerprint density at radius 1 is 1.26 bits per heavy atom. The molecular weight excluding hydrogens is 282 g/mol. The summed E-state index contributed by atoms with van der Waals surface area (Å²) >= 11 is 0. The lowest BCUT2D eigenvalue weighted by atomic mass is 10.2. The third-order valence-corrected chi connectivity index (χ3v) is 4.73. The fourth-order valence-corrected chi connectivity index (χ4v) is 3.59. The number of carbonyl (C=O) groups excluding carboxylic acids is 1. The number of carboxylic acid groups (broad SMARTS) is 1. The molecular formula is C13H17NO3S2. The highest BCUT2D eigenvalue weighted by Crippen LogP contribution is 2.23. The van der Waals surface area contributed by atoms with Crippen LogP contribution in [-0.4, -0.2) is 34.5 Å². The molecule has 0 unspecified atom stereocenters. The highest BCUT2D eigenvalue weighted by atomic mass is 33.1. The van der Waals surface area contributed by atoms with E-state index in [1.54, 1.807) is 10.8 Å². The number of hydrogen-bond donors (Lipinski definition) is 2. The third kappa shape index (κ3) is 7.12. The SMILES string of the molecule is CC(=O)N[C@@H](CSSCCc1ccccc1)C(=O)O. The van der Waals surface area contributed by atoms with Crippen molar-refractivity contribution in [3.63, 3.8) is 0 Å². The maximum Gasteiger partial charge on any atom is 0.327 e. The summed E-state index contributed by atoms with van der Waals surface area (Å²) in [5.74, 6) is -0.0243. The van der Waals surface area contributed by atoms with E-state index in [1.165, 1.54) is 23.3 Å². The van der Waals surface area contributed by atoms with Gasteiger partial charge in [-0.15, -0.1) is 0 Å². The van der Waals surface area contributed by atoms with E-state index in [0.717, 1.165) is 12.2 Å². The molecule has 1 aromatic carbocycles. The number of carbonyl (C=O) groups is 2. The Labute approximate surface area is 120 Å². The second-order valence-corrected chi connectivity index (χ2v) is 6.56. The number of nitrogens with one attached hydrogen (secondary N) is 1. The van der Waals surface area contributed by atoms with Crippen LogP contribution in [0.4, 0.5) is 0 Å². The molecule has 0 aliphatic heterocycles. The summed E-state index contributed by atoms with van der Waals surface area (Å²) in [7, 11) is 3.09. The van der Waals surface area contributed by atoms with Crippen molar-refractivity contribution in [1.82, 2.24) is 5.32 Å². The van der Waals surface area contributed by atoms with Crippen molar-refractivity contribution in [2.24, 2.45) is 0 Å². The molecule has 2 N–H and O–H groups in total. The molecule has 0 saturated carbocycles. The number of carboxylic acids is 1. The molecule has 0 aliphatic rings. The van der Waals surface area contributed by atoms with Crippen molar-refractivity contribution in [2.45, 2.75) is 19.4 Å².